The third-order valence-electron chi connectivity index (χ3n) is 3.19. The van der Waals surface area contributed by atoms with E-state index in [-0.39, 0.29) is 12.0 Å². The summed E-state index contributed by atoms with van der Waals surface area (Å²) in [6.07, 6.45) is 0. The van der Waals surface area contributed by atoms with E-state index >= 15 is 0 Å². The second-order valence-corrected chi connectivity index (χ2v) is 4.42. The molecule has 0 radical (unpaired) electrons. The topological polar surface area (TPSA) is 61.3 Å². The molecule has 0 amide bonds. The molecule has 3 heteroatoms. The highest BCUT2D eigenvalue weighted by Crippen LogP contribution is 2.30. The highest BCUT2D eigenvalue weighted by atomic mass is 16.5. The van der Waals surface area contributed by atoms with Crippen molar-refractivity contribution >= 4 is 0 Å². The van der Waals surface area contributed by atoms with Gasteiger partial charge in [-0.05, 0) is 43.5 Å². The Morgan fingerprint density at radius 1 is 1.25 bits per heavy atom. The van der Waals surface area contributed by atoms with Crippen molar-refractivity contribution in [1.29, 1.82) is 0 Å². The maximum absolute atomic E-state index is 6.18. The first-order valence-corrected chi connectivity index (χ1v) is 5.62. The van der Waals surface area contributed by atoms with E-state index in [1.807, 2.05) is 6.07 Å². The molecule has 0 aliphatic rings. The summed E-state index contributed by atoms with van der Waals surface area (Å²) in [6.45, 7) is 6.79. The zero-order chi connectivity index (χ0) is 12.3. The third-order valence-corrected chi connectivity index (χ3v) is 3.19. The van der Waals surface area contributed by atoms with Crippen LogP contribution in [0, 0.1) is 19.8 Å². The van der Waals surface area contributed by atoms with Gasteiger partial charge in [-0.3, -0.25) is 0 Å². The average molecular weight is 222 g/mol. The first-order valence-electron chi connectivity index (χ1n) is 5.62. The maximum atomic E-state index is 6.18. The Balaban J connectivity index is 3.16. The molecule has 2 unspecified atom stereocenters. The Labute approximate surface area is 97.8 Å². The Morgan fingerprint density at radius 2 is 1.81 bits per heavy atom. The molecule has 2 atom stereocenters. The molecule has 0 aliphatic carbocycles. The number of methoxy groups -OCH3 is 1. The Hall–Kier alpha value is -1.06. The summed E-state index contributed by atoms with van der Waals surface area (Å²) < 4.78 is 5.38. The summed E-state index contributed by atoms with van der Waals surface area (Å²) in [4.78, 5) is 0. The van der Waals surface area contributed by atoms with Gasteiger partial charge in [-0.1, -0.05) is 13.0 Å². The summed E-state index contributed by atoms with van der Waals surface area (Å²) >= 11 is 0. The predicted octanol–water partition coefficient (Wildman–Crippen LogP) is 1.91. The molecule has 0 aromatic heterocycles. The predicted molar refractivity (Wildman–Crippen MR) is 67.6 cm³/mol. The lowest BCUT2D eigenvalue weighted by Crippen LogP contribution is -2.26. The van der Waals surface area contributed by atoms with Crippen LogP contribution in [0.2, 0.25) is 0 Å². The smallest absolute Gasteiger partial charge is 0.123 e. The lowest BCUT2D eigenvalue weighted by Gasteiger charge is -2.22. The van der Waals surface area contributed by atoms with Crippen LogP contribution in [0.4, 0.5) is 0 Å². The first-order chi connectivity index (χ1) is 7.51. The molecule has 0 saturated heterocycles. The minimum atomic E-state index is -0.0701. The minimum Gasteiger partial charge on any atom is -0.496 e. The molecule has 1 aromatic carbocycles. The standard InChI is InChI=1S/C13H22N2O/c1-8-5-11(13(15)10(3)7-14)12(16-4)6-9(8)2/h5-6,10,13H,7,14-15H2,1-4H3. The molecule has 4 N–H and O–H groups in total. The number of nitrogens with two attached hydrogens (primary N) is 2. The van der Waals surface area contributed by atoms with Gasteiger partial charge < -0.3 is 16.2 Å². The number of rotatable bonds is 4. The fraction of sp³-hybridized carbons (Fsp3) is 0.538. The molecule has 1 rings (SSSR count). The molecular formula is C13H22N2O. The zero-order valence-electron chi connectivity index (χ0n) is 10.6. The first kappa shape index (κ1) is 13.0. The van der Waals surface area contributed by atoms with Crippen LogP contribution in [0.1, 0.15) is 29.7 Å². The van der Waals surface area contributed by atoms with Crippen LogP contribution in [0.3, 0.4) is 0 Å². The Morgan fingerprint density at radius 3 is 2.31 bits per heavy atom. The van der Waals surface area contributed by atoms with Crippen molar-refractivity contribution in [2.24, 2.45) is 17.4 Å². The summed E-state index contributed by atoms with van der Waals surface area (Å²) in [6, 6.07) is 4.07. The van der Waals surface area contributed by atoms with Crippen molar-refractivity contribution < 1.29 is 4.74 Å². The van der Waals surface area contributed by atoms with E-state index in [9.17, 15) is 0 Å². The second-order valence-electron chi connectivity index (χ2n) is 4.42. The van der Waals surface area contributed by atoms with Gasteiger partial charge in [-0.2, -0.15) is 0 Å². The zero-order valence-corrected chi connectivity index (χ0v) is 10.6. The Kier molecular flexibility index (Phi) is 4.33. The fourth-order valence-corrected chi connectivity index (χ4v) is 1.70. The van der Waals surface area contributed by atoms with Crippen LogP contribution in [-0.4, -0.2) is 13.7 Å². The average Bonchev–Trinajstić information content (AvgIpc) is 2.30. The van der Waals surface area contributed by atoms with Crippen LogP contribution in [0.5, 0.6) is 5.75 Å². The lowest BCUT2D eigenvalue weighted by atomic mass is 9.92. The van der Waals surface area contributed by atoms with E-state index < -0.39 is 0 Å². The number of hydrogen-bond acceptors (Lipinski definition) is 3. The molecule has 3 nitrogen and oxygen atoms in total. The van der Waals surface area contributed by atoms with Gasteiger partial charge in [0.2, 0.25) is 0 Å². The molecule has 0 saturated carbocycles. The van der Waals surface area contributed by atoms with E-state index in [1.165, 1.54) is 11.1 Å². The van der Waals surface area contributed by atoms with E-state index in [1.54, 1.807) is 7.11 Å². The van der Waals surface area contributed by atoms with E-state index in [0.29, 0.717) is 6.54 Å². The van der Waals surface area contributed by atoms with Gasteiger partial charge in [0.15, 0.2) is 0 Å². The third kappa shape index (κ3) is 2.54. The second kappa shape index (κ2) is 5.32. The largest absolute Gasteiger partial charge is 0.496 e. The van der Waals surface area contributed by atoms with Crippen LogP contribution in [-0.2, 0) is 0 Å². The number of hydrogen-bond donors (Lipinski definition) is 2. The van der Waals surface area contributed by atoms with Crippen molar-refractivity contribution in [3.63, 3.8) is 0 Å². The number of ether oxygens (including phenoxy) is 1. The molecule has 0 heterocycles. The van der Waals surface area contributed by atoms with Gasteiger partial charge in [0.25, 0.3) is 0 Å². The van der Waals surface area contributed by atoms with Crippen LogP contribution in [0.25, 0.3) is 0 Å². The minimum absolute atomic E-state index is 0.0701. The Bertz CT molecular complexity index is 363. The van der Waals surface area contributed by atoms with Gasteiger partial charge in [-0.15, -0.1) is 0 Å². The highest BCUT2D eigenvalue weighted by molar-refractivity contribution is 5.43. The SMILES string of the molecule is COc1cc(C)c(C)cc1C(N)C(C)CN. The monoisotopic (exact) mass is 222 g/mol. The quantitative estimate of drug-likeness (QED) is 0.818. The molecule has 1 aromatic rings. The lowest BCUT2D eigenvalue weighted by molar-refractivity contribution is 0.392. The molecule has 0 bridgehead atoms. The van der Waals surface area contributed by atoms with Gasteiger partial charge in [0, 0.05) is 11.6 Å². The van der Waals surface area contributed by atoms with Gasteiger partial charge in [-0.25, -0.2) is 0 Å². The molecular weight excluding hydrogens is 200 g/mol. The molecule has 16 heavy (non-hydrogen) atoms. The number of benzene rings is 1. The summed E-state index contributed by atoms with van der Waals surface area (Å²) in [5, 5.41) is 0. The molecule has 0 fully saturated rings. The highest BCUT2D eigenvalue weighted by Gasteiger charge is 2.18. The normalized spacial score (nSPS) is 14.6. The molecule has 90 valence electrons. The van der Waals surface area contributed by atoms with Crippen molar-refractivity contribution in [3.8, 4) is 5.75 Å². The van der Waals surface area contributed by atoms with Crippen molar-refractivity contribution in [1.82, 2.24) is 0 Å². The number of aryl methyl sites for hydroxylation is 2. The van der Waals surface area contributed by atoms with Crippen molar-refractivity contribution in [3.05, 3.63) is 28.8 Å². The van der Waals surface area contributed by atoms with Crippen LogP contribution in [0.15, 0.2) is 12.1 Å². The summed E-state index contributed by atoms with van der Waals surface area (Å²) in [5.74, 6) is 1.10. The fourth-order valence-electron chi connectivity index (χ4n) is 1.70. The van der Waals surface area contributed by atoms with Gasteiger partial charge in [0.05, 0.1) is 7.11 Å². The molecule has 0 aliphatic heterocycles. The summed E-state index contributed by atoms with van der Waals surface area (Å²) in [7, 11) is 1.67. The van der Waals surface area contributed by atoms with E-state index in [2.05, 4.69) is 26.8 Å². The van der Waals surface area contributed by atoms with Crippen molar-refractivity contribution in [2.75, 3.05) is 13.7 Å². The molecule has 0 spiro atoms. The van der Waals surface area contributed by atoms with Gasteiger partial charge in [0.1, 0.15) is 5.75 Å². The maximum Gasteiger partial charge on any atom is 0.123 e. The summed E-state index contributed by atoms with van der Waals surface area (Å²) in [5.41, 5.74) is 15.3. The van der Waals surface area contributed by atoms with Crippen LogP contribution < -0.4 is 16.2 Å². The van der Waals surface area contributed by atoms with E-state index in [4.69, 9.17) is 16.2 Å². The van der Waals surface area contributed by atoms with Gasteiger partial charge >= 0.3 is 0 Å². The van der Waals surface area contributed by atoms with Crippen molar-refractivity contribution in [2.45, 2.75) is 26.8 Å². The van der Waals surface area contributed by atoms with Crippen LogP contribution >= 0.6 is 0 Å². The van der Waals surface area contributed by atoms with E-state index in [0.717, 1.165) is 11.3 Å².